The van der Waals surface area contributed by atoms with Gasteiger partial charge in [0.15, 0.2) is 5.78 Å². The molecule has 0 bridgehead atoms. The first kappa shape index (κ1) is 16.0. The van der Waals surface area contributed by atoms with Gasteiger partial charge in [0, 0.05) is 30.1 Å². The lowest BCUT2D eigenvalue weighted by molar-refractivity contribution is -0.143. The molecular weight excluding hydrogens is 290 g/mol. The summed E-state index contributed by atoms with van der Waals surface area (Å²) in [6.45, 7) is 3.91. The summed E-state index contributed by atoms with van der Waals surface area (Å²) in [5.41, 5.74) is 1.56. The maximum absolute atomic E-state index is 12.2. The van der Waals surface area contributed by atoms with E-state index in [4.69, 9.17) is 16.7 Å². The van der Waals surface area contributed by atoms with Gasteiger partial charge < -0.3 is 10.0 Å². The highest BCUT2D eigenvalue weighted by atomic mass is 35.5. The lowest BCUT2D eigenvalue weighted by atomic mass is 9.97. The Kier molecular flexibility index (Phi) is 5.37. The van der Waals surface area contributed by atoms with Crippen molar-refractivity contribution < 1.29 is 14.7 Å². The minimum Gasteiger partial charge on any atom is -0.481 e. The number of hydrogen-bond acceptors (Lipinski definition) is 3. The molecule has 0 spiro atoms. The summed E-state index contributed by atoms with van der Waals surface area (Å²) in [6.07, 6.45) is 2.02. The molecule has 5 heteroatoms. The summed E-state index contributed by atoms with van der Waals surface area (Å²) in [4.78, 5) is 25.3. The number of halogens is 1. The van der Waals surface area contributed by atoms with Crippen molar-refractivity contribution in [1.82, 2.24) is 4.90 Å². The van der Waals surface area contributed by atoms with E-state index in [1.807, 2.05) is 6.92 Å². The number of aryl methyl sites for hydroxylation is 1. The van der Waals surface area contributed by atoms with E-state index >= 15 is 0 Å². The zero-order chi connectivity index (χ0) is 15.4. The minimum atomic E-state index is -0.737. The predicted octanol–water partition coefficient (Wildman–Crippen LogP) is 3.02. The Morgan fingerprint density at radius 1 is 1.43 bits per heavy atom. The Bertz CT molecular complexity index is 544. The predicted molar refractivity (Wildman–Crippen MR) is 81.9 cm³/mol. The molecule has 1 atom stereocenters. The third kappa shape index (κ3) is 4.29. The van der Waals surface area contributed by atoms with Crippen LogP contribution in [0.4, 0.5) is 0 Å². The van der Waals surface area contributed by atoms with Crippen LogP contribution in [0.25, 0.3) is 0 Å². The molecule has 1 fully saturated rings. The Morgan fingerprint density at radius 3 is 2.86 bits per heavy atom. The van der Waals surface area contributed by atoms with Crippen molar-refractivity contribution in [3.8, 4) is 0 Å². The molecule has 21 heavy (non-hydrogen) atoms. The number of carboxylic acid groups (broad SMARTS) is 1. The Hall–Kier alpha value is -1.39. The fourth-order valence-corrected chi connectivity index (χ4v) is 2.80. The van der Waals surface area contributed by atoms with Crippen molar-refractivity contribution in [3.05, 3.63) is 34.3 Å². The average Bonchev–Trinajstić information content (AvgIpc) is 2.48. The molecule has 1 saturated heterocycles. The zero-order valence-corrected chi connectivity index (χ0v) is 12.9. The molecule has 114 valence electrons. The molecule has 1 N–H and O–H groups in total. The average molecular weight is 310 g/mol. The molecular formula is C16H20ClNO3. The van der Waals surface area contributed by atoms with Crippen LogP contribution in [0.1, 0.15) is 35.2 Å². The summed E-state index contributed by atoms with van der Waals surface area (Å²) in [5.74, 6) is -0.960. The number of likely N-dealkylation sites (tertiary alicyclic amines) is 1. The highest BCUT2D eigenvalue weighted by molar-refractivity contribution is 6.31. The first-order valence-electron chi connectivity index (χ1n) is 7.22. The molecule has 1 aromatic rings. The largest absolute Gasteiger partial charge is 0.481 e. The summed E-state index contributed by atoms with van der Waals surface area (Å²) in [6, 6.07) is 5.29. The topological polar surface area (TPSA) is 57.6 Å². The van der Waals surface area contributed by atoms with Crippen LogP contribution in [-0.4, -0.2) is 41.4 Å². The van der Waals surface area contributed by atoms with E-state index in [1.165, 1.54) is 0 Å². The van der Waals surface area contributed by atoms with Crippen LogP contribution < -0.4 is 0 Å². The number of ketones is 1. The monoisotopic (exact) mass is 309 g/mol. The lowest BCUT2D eigenvalue weighted by Gasteiger charge is -2.30. The number of carboxylic acids is 1. The molecule has 2 rings (SSSR count). The number of rotatable bonds is 5. The number of benzene rings is 1. The lowest BCUT2D eigenvalue weighted by Crippen LogP contribution is -2.39. The van der Waals surface area contributed by atoms with E-state index in [1.54, 1.807) is 18.2 Å². The maximum atomic E-state index is 12.2. The third-order valence-corrected chi connectivity index (χ3v) is 4.41. The van der Waals surface area contributed by atoms with Crippen LogP contribution in [0.2, 0.25) is 5.02 Å². The molecule has 0 radical (unpaired) electrons. The molecule has 0 aromatic heterocycles. The van der Waals surface area contributed by atoms with Crippen molar-refractivity contribution in [2.24, 2.45) is 5.92 Å². The first-order chi connectivity index (χ1) is 9.97. The second-order valence-corrected chi connectivity index (χ2v) is 6.02. The Balaban J connectivity index is 1.88. The normalized spacial score (nSPS) is 19.4. The van der Waals surface area contributed by atoms with Gasteiger partial charge in [-0.2, -0.15) is 0 Å². The van der Waals surface area contributed by atoms with Crippen LogP contribution in [0.5, 0.6) is 0 Å². The molecule has 1 aliphatic heterocycles. The molecule has 0 amide bonds. The number of piperidine rings is 1. The third-order valence-electron chi connectivity index (χ3n) is 3.99. The molecule has 0 saturated carbocycles. The van der Waals surface area contributed by atoms with Gasteiger partial charge in [-0.25, -0.2) is 0 Å². The highest BCUT2D eigenvalue weighted by Crippen LogP contribution is 2.19. The van der Waals surface area contributed by atoms with Crippen molar-refractivity contribution in [3.63, 3.8) is 0 Å². The van der Waals surface area contributed by atoms with Crippen molar-refractivity contribution in [2.45, 2.75) is 26.2 Å². The quantitative estimate of drug-likeness (QED) is 0.849. The van der Waals surface area contributed by atoms with Crippen molar-refractivity contribution in [1.29, 1.82) is 0 Å². The van der Waals surface area contributed by atoms with E-state index in [2.05, 4.69) is 4.90 Å². The molecule has 1 aliphatic rings. The number of aliphatic carboxylic acids is 1. The molecule has 1 unspecified atom stereocenters. The number of carbonyl (C=O) groups excluding carboxylic acids is 1. The van der Waals surface area contributed by atoms with Gasteiger partial charge in [-0.3, -0.25) is 9.59 Å². The summed E-state index contributed by atoms with van der Waals surface area (Å²) >= 11 is 5.95. The second kappa shape index (κ2) is 7.05. The van der Waals surface area contributed by atoms with Crippen LogP contribution in [-0.2, 0) is 4.79 Å². The van der Waals surface area contributed by atoms with Gasteiger partial charge in [0.2, 0.25) is 0 Å². The van der Waals surface area contributed by atoms with Crippen molar-refractivity contribution in [2.75, 3.05) is 19.6 Å². The van der Waals surface area contributed by atoms with E-state index < -0.39 is 5.97 Å². The van der Waals surface area contributed by atoms with Crippen LogP contribution in [0.3, 0.4) is 0 Å². The van der Waals surface area contributed by atoms with Gasteiger partial charge in [0.25, 0.3) is 0 Å². The van der Waals surface area contributed by atoms with Gasteiger partial charge in [-0.05, 0) is 50.1 Å². The van der Waals surface area contributed by atoms with E-state index in [0.29, 0.717) is 30.1 Å². The maximum Gasteiger partial charge on any atom is 0.307 e. The number of carbonyl (C=O) groups is 2. The fourth-order valence-electron chi connectivity index (χ4n) is 2.68. The van der Waals surface area contributed by atoms with Gasteiger partial charge in [-0.1, -0.05) is 11.6 Å². The first-order valence-corrected chi connectivity index (χ1v) is 7.59. The molecule has 1 heterocycles. The van der Waals surface area contributed by atoms with Crippen LogP contribution in [0, 0.1) is 12.8 Å². The zero-order valence-electron chi connectivity index (χ0n) is 12.1. The minimum absolute atomic E-state index is 0.0761. The Labute approximate surface area is 129 Å². The highest BCUT2D eigenvalue weighted by Gasteiger charge is 2.25. The van der Waals surface area contributed by atoms with Gasteiger partial charge >= 0.3 is 5.97 Å². The van der Waals surface area contributed by atoms with E-state index in [-0.39, 0.29) is 11.7 Å². The second-order valence-electron chi connectivity index (χ2n) is 5.62. The summed E-state index contributed by atoms with van der Waals surface area (Å²) < 4.78 is 0. The molecule has 0 aliphatic carbocycles. The fraction of sp³-hybridized carbons (Fsp3) is 0.500. The summed E-state index contributed by atoms with van der Waals surface area (Å²) in [7, 11) is 0. The molecule has 1 aromatic carbocycles. The van der Waals surface area contributed by atoms with Crippen LogP contribution in [0.15, 0.2) is 18.2 Å². The number of hydrogen-bond donors (Lipinski definition) is 1. The standard InChI is InChI=1S/C16H20ClNO3/c1-11-9-12(4-5-14(11)17)15(19)6-8-18-7-2-3-13(10-18)16(20)21/h4-5,9,13H,2-3,6-8,10H2,1H3,(H,20,21). The SMILES string of the molecule is Cc1cc(C(=O)CCN2CCCC(C(=O)O)C2)ccc1Cl. The van der Waals surface area contributed by atoms with Crippen LogP contribution >= 0.6 is 11.6 Å². The van der Waals surface area contributed by atoms with Gasteiger partial charge in [0.1, 0.15) is 0 Å². The summed E-state index contributed by atoms with van der Waals surface area (Å²) in [5, 5.41) is 9.72. The number of Topliss-reactive ketones (excluding diaryl/α,β-unsaturated/α-hetero) is 1. The Morgan fingerprint density at radius 2 is 2.19 bits per heavy atom. The van der Waals surface area contributed by atoms with E-state index in [0.717, 1.165) is 24.9 Å². The smallest absolute Gasteiger partial charge is 0.307 e. The number of nitrogens with zero attached hydrogens (tertiary/aromatic N) is 1. The van der Waals surface area contributed by atoms with Crippen molar-refractivity contribution >= 4 is 23.4 Å². The molecule has 4 nitrogen and oxygen atoms in total. The van der Waals surface area contributed by atoms with E-state index in [9.17, 15) is 9.59 Å². The van der Waals surface area contributed by atoms with Gasteiger partial charge in [-0.15, -0.1) is 0 Å². The van der Waals surface area contributed by atoms with Gasteiger partial charge in [0.05, 0.1) is 5.92 Å².